The normalized spacial score (nSPS) is 10.5. The van der Waals surface area contributed by atoms with Gasteiger partial charge in [0.2, 0.25) is 0 Å². The maximum atomic E-state index is 11.5. The molecular formula is C14H12N4O2S. The molecule has 0 aliphatic rings. The van der Waals surface area contributed by atoms with Crippen LogP contribution in [0.3, 0.4) is 0 Å². The van der Waals surface area contributed by atoms with Gasteiger partial charge in [0.1, 0.15) is 17.2 Å². The number of anilines is 1. The lowest BCUT2D eigenvalue weighted by Crippen LogP contribution is -2.18. The minimum atomic E-state index is -0.258. The van der Waals surface area contributed by atoms with Crippen LogP contribution >= 0.6 is 11.3 Å². The molecule has 3 N–H and O–H groups in total. The molecule has 0 saturated heterocycles. The van der Waals surface area contributed by atoms with Crippen LogP contribution in [0.25, 0.3) is 10.2 Å². The summed E-state index contributed by atoms with van der Waals surface area (Å²) in [6, 6.07) is 8.80. The number of carbonyl (C=O) groups is 1. The number of hydrogen-bond acceptors (Lipinski definition) is 6. The molecule has 1 amide bonds. The molecule has 0 unspecified atom stereocenters. The summed E-state index contributed by atoms with van der Waals surface area (Å²) in [6.07, 6.45) is 1.53. The van der Waals surface area contributed by atoms with Crippen molar-refractivity contribution < 1.29 is 9.53 Å². The molecule has 0 bridgehead atoms. The highest BCUT2D eigenvalue weighted by molar-refractivity contribution is 7.22. The summed E-state index contributed by atoms with van der Waals surface area (Å²) >= 11 is 1.40. The first-order chi connectivity index (χ1) is 10.2. The molecule has 1 aromatic carbocycles. The summed E-state index contributed by atoms with van der Waals surface area (Å²) in [5.41, 5.74) is 6.82. The average molecular weight is 300 g/mol. The van der Waals surface area contributed by atoms with Gasteiger partial charge in [-0.2, -0.15) is 0 Å². The van der Waals surface area contributed by atoms with Crippen LogP contribution in [0.1, 0.15) is 10.5 Å². The van der Waals surface area contributed by atoms with Gasteiger partial charge in [0.15, 0.2) is 5.13 Å². The number of carbonyl (C=O) groups excluding carboxylic acids is 1. The summed E-state index contributed by atoms with van der Waals surface area (Å²) in [6.45, 7) is 0. The number of hydrogen-bond donors (Lipinski definition) is 2. The summed E-state index contributed by atoms with van der Waals surface area (Å²) in [7, 11) is 1.56. The van der Waals surface area contributed by atoms with Crippen molar-refractivity contribution in [3.63, 3.8) is 0 Å². The SMILES string of the molecule is CNC(=O)c1cc(Oc2ccc3nc(N)sc3c2)ccn1. The van der Waals surface area contributed by atoms with Gasteiger partial charge >= 0.3 is 0 Å². The second-order valence-electron chi connectivity index (χ2n) is 4.24. The fourth-order valence-electron chi connectivity index (χ4n) is 1.85. The lowest BCUT2D eigenvalue weighted by atomic mass is 10.3. The van der Waals surface area contributed by atoms with E-state index in [0.29, 0.717) is 22.3 Å². The minimum Gasteiger partial charge on any atom is -0.457 e. The van der Waals surface area contributed by atoms with Gasteiger partial charge in [-0.05, 0) is 18.2 Å². The number of benzene rings is 1. The number of pyridine rings is 1. The molecule has 7 heteroatoms. The second-order valence-corrected chi connectivity index (χ2v) is 5.30. The zero-order valence-electron chi connectivity index (χ0n) is 11.2. The van der Waals surface area contributed by atoms with Gasteiger partial charge in [0, 0.05) is 25.4 Å². The lowest BCUT2D eigenvalue weighted by molar-refractivity contribution is 0.0958. The summed E-state index contributed by atoms with van der Waals surface area (Å²) in [4.78, 5) is 19.7. The fourth-order valence-corrected chi connectivity index (χ4v) is 2.61. The third kappa shape index (κ3) is 2.77. The number of thiazole rings is 1. The highest BCUT2D eigenvalue weighted by atomic mass is 32.1. The number of nitrogens with two attached hydrogens (primary N) is 1. The molecule has 0 atom stereocenters. The molecule has 0 spiro atoms. The molecular weight excluding hydrogens is 288 g/mol. The van der Waals surface area contributed by atoms with Gasteiger partial charge in [-0.3, -0.25) is 9.78 Å². The van der Waals surface area contributed by atoms with Crippen LogP contribution < -0.4 is 15.8 Å². The van der Waals surface area contributed by atoms with Crippen LogP contribution in [0, 0.1) is 0 Å². The van der Waals surface area contributed by atoms with E-state index in [9.17, 15) is 4.79 Å². The van der Waals surface area contributed by atoms with Crippen molar-refractivity contribution in [2.45, 2.75) is 0 Å². The molecule has 2 aromatic heterocycles. The zero-order valence-corrected chi connectivity index (χ0v) is 12.0. The predicted octanol–water partition coefficient (Wildman–Crippen LogP) is 2.43. The number of amides is 1. The van der Waals surface area contributed by atoms with Crippen molar-refractivity contribution in [2.24, 2.45) is 0 Å². The summed E-state index contributed by atoms with van der Waals surface area (Å²) < 4.78 is 6.70. The Morgan fingerprint density at radius 2 is 2.10 bits per heavy atom. The quantitative estimate of drug-likeness (QED) is 0.775. The predicted molar refractivity (Wildman–Crippen MR) is 81.7 cm³/mol. The van der Waals surface area contributed by atoms with E-state index >= 15 is 0 Å². The zero-order chi connectivity index (χ0) is 14.8. The van der Waals surface area contributed by atoms with E-state index in [-0.39, 0.29) is 5.91 Å². The number of fused-ring (bicyclic) bond motifs is 1. The largest absolute Gasteiger partial charge is 0.457 e. The fraction of sp³-hybridized carbons (Fsp3) is 0.0714. The standard InChI is InChI=1S/C14H12N4O2S/c1-16-13(19)11-6-9(4-5-17-11)20-8-2-3-10-12(7-8)21-14(15)18-10/h2-7H,1H3,(H2,15,18)(H,16,19). The van der Waals surface area contributed by atoms with E-state index in [1.807, 2.05) is 18.2 Å². The maximum absolute atomic E-state index is 11.5. The van der Waals surface area contributed by atoms with Crippen LogP contribution in [0.5, 0.6) is 11.5 Å². The first-order valence-electron chi connectivity index (χ1n) is 6.18. The Kier molecular flexibility index (Phi) is 3.41. The van der Waals surface area contributed by atoms with Crippen molar-refractivity contribution >= 4 is 32.6 Å². The molecule has 6 nitrogen and oxygen atoms in total. The Balaban J connectivity index is 1.89. The number of aromatic nitrogens is 2. The monoisotopic (exact) mass is 300 g/mol. The molecule has 106 valence electrons. The molecule has 0 saturated carbocycles. The van der Waals surface area contributed by atoms with E-state index in [4.69, 9.17) is 10.5 Å². The third-order valence-electron chi connectivity index (χ3n) is 2.80. The van der Waals surface area contributed by atoms with Crippen molar-refractivity contribution in [3.05, 3.63) is 42.2 Å². The molecule has 3 aromatic rings. The lowest BCUT2D eigenvalue weighted by Gasteiger charge is -2.06. The van der Waals surface area contributed by atoms with Gasteiger partial charge < -0.3 is 15.8 Å². The van der Waals surface area contributed by atoms with Crippen LogP contribution in [0.2, 0.25) is 0 Å². The third-order valence-corrected chi connectivity index (χ3v) is 3.65. The van der Waals surface area contributed by atoms with E-state index in [1.54, 1.807) is 19.2 Å². The minimum absolute atomic E-state index is 0.258. The van der Waals surface area contributed by atoms with E-state index in [0.717, 1.165) is 10.2 Å². The number of nitrogens with one attached hydrogen (secondary N) is 1. The Hall–Kier alpha value is -2.67. The van der Waals surface area contributed by atoms with Gasteiger partial charge in [0.05, 0.1) is 10.2 Å². The molecule has 2 heterocycles. The number of nitrogens with zero attached hydrogens (tertiary/aromatic N) is 2. The topological polar surface area (TPSA) is 90.1 Å². The average Bonchev–Trinajstić information content (AvgIpc) is 2.86. The highest BCUT2D eigenvalue weighted by Gasteiger charge is 2.08. The van der Waals surface area contributed by atoms with Crippen molar-refractivity contribution in [2.75, 3.05) is 12.8 Å². The van der Waals surface area contributed by atoms with Crippen LogP contribution in [0.15, 0.2) is 36.5 Å². The Labute approximate surface area is 124 Å². The van der Waals surface area contributed by atoms with Crippen molar-refractivity contribution in [1.29, 1.82) is 0 Å². The molecule has 0 aliphatic carbocycles. The number of ether oxygens (including phenoxy) is 1. The number of nitrogen functional groups attached to an aromatic ring is 1. The molecule has 0 fully saturated rings. The smallest absolute Gasteiger partial charge is 0.269 e. The summed E-state index contributed by atoms with van der Waals surface area (Å²) in [5, 5.41) is 3.04. The first-order valence-corrected chi connectivity index (χ1v) is 6.99. The maximum Gasteiger partial charge on any atom is 0.269 e. The van der Waals surface area contributed by atoms with Crippen LogP contribution in [-0.4, -0.2) is 22.9 Å². The van der Waals surface area contributed by atoms with Crippen LogP contribution in [-0.2, 0) is 0 Å². The van der Waals surface area contributed by atoms with E-state index in [1.165, 1.54) is 17.5 Å². The first kappa shape index (κ1) is 13.3. The molecule has 0 radical (unpaired) electrons. The Bertz CT molecular complexity index is 816. The second kappa shape index (κ2) is 5.37. The molecule has 0 aliphatic heterocycles. The van der Waals surface area contributed by atoms with Gasteiger partial charge in [-0.1, -0.05) is 11.3 Å². The van der Waals surface area contributed by atoms with Gasteiger partial charge in [0.25, 0.3) is 5.91 Å². The Morgan fingerprint density at radius 3 is 2.90 bits per heavy atom. The van der Waals surface area contributed by atoms with Crippen LogP contribution in [0.4, 0.5) is 5.13 Å². The number of rotatable bonds is 3. The van der Waals surface area contributed by atoms with Gasteiger partial charge in [-0.25, -0.2) is 4.98 Å². The van der Waals surface area contributed by atoms with E-state index < -0.39 is 0 Å². The molecule has 21 heavy (non-hydrogen) atoms. The summed E-state index contributed by atoms with van der Waals surface area (Å²) in [5.74, 6) is 0.937. The van der Waals surface area contributed by atoms with Crippen molar-refractivity contribution in [1.82, 2.24) is 15.3 Å². The van der Waals surface area contributed by atoms with E-state index in [2.05, 4.69) is 15.3 Å². The highest BCUT2D eigenvalue weighted by Crippen LogP contribution is 2.30. The van der Waals surface area contributed by atoms with Gasteiger partial charge in [-0.15, -0.1) is 0 Å². The Morgan fingerprint density at radius 1 is 1.29 bits per heavy atom. The van der Waals surface area contributed by atoms with Crippen molar-refractivity contribution in [3.8, 4) is 11.5 Å². The molecule has 3 rings (SSSR count).